The number of alkyl halides is 3. The molecule has 0 aliphatic carbocycles. The van der Waals surface area contributed by atoms with Crippen LogP contribution in [0.25, 0.3) is 0 Å². The minimum atomic E-state index is -4.96. The molecule has 102 valence electrons. The summed E-state index contributed by atoms with van der Waals surface area (Å²) in [5.74, 6) is -2.28. The van der Waals surface area contributed by atoms with Gasteiger partial charge in [-0.3, -0.25) is 9.48 Å². The summed E-state index contributed by atoms with van der Waals surface area (Å²) in [5, 5.41) is 3.52. The molecule has 1 aromatic heterocycles. The Morgan fingerprint density at radius 3 is 2.56 bits per heavy atom. The first kappa shape index (κ1) is 14.7. The van der Waals surface area contributed by atoms with Crippen LogP contribution < -0.4 is 0 Å². The molecule has 9 heteroatoms. The zero-order chi connectivity index (χ0) is 14.0. The first-order valence-corrected chi connectivity index (χ1v) is 6.82. The molecular weight excluding hydrogens is 273 g/mol. The molecule has 0 spiro atoms. The lowest BCUT2D eigenvalue weighted by Crippen LogP contribution is -2.22. The average molecular weight is 284 g/mol. The predicted molar refractivity (Wildman–Crippen MR) is 56.9 cm³/mol. The minimum absolute atomic E-state index is 0.0530. The molecule has 0 bridgehead atoms. The van der Waals surface area contributed by atoms with Gasteiger partial charge in [0, 0.05) is 11.9 Å². The van der Waals surface area contributed by atoms with E-state index >= 15 is 0 Å². The first-order chi connectivity index (χ1) is 8.15. The molecule has 1 aromatic rings. The molecule has 0 N–H and O–H groups in total. The second kappa shape index (κ2) is 5.09. The number of hydrogen-bond donors (Lipinski definition) is 0. The molecule has 0 radical (unpaired) electrons. The summed E-state index contributed by atoms with van der Waals surface area (Å²) < 4.78 is 59.6. The van der Waals surface area contributed by atoms with Crippen LogP contribution in [0.4, 0.5) is 13.2 Å². The Labute approximate surface area is 102 Å². The maximum absolute atomic E-state index is 12.1. The topological polar surface area (TPSA) is 69.0 Å². The number of carbonyl (C=O) groups excluding carboxylic acids is 1. The number of carbonyl (C=O) groups is 1. The molecule has 0 saturated heterocycles. The molecule has 5 nitrogen and oxygen atoms in total. The van der Waals surface area contributed by atoms with E-state index in [0.717, 1.165) is 17.1 Å². The second-order valence-electron chi connectivity index (χ2n) is 3.56. The summed E-state index contributed by atoms with van der Waals surface area (Å²) in [6.07, 6.45) is -3.29. The van der Waals surface area contributed by atoms with Gasteiger partial charge in [0.1, 0.15) is 0 Å². The third kappa shape index (κ3) is 3.83. The fraction of sp³-hybridized carbons (Fsp3) is 0.556. The number of halogens is 3. The van der Waals surface area contributed by atoms with Crippen LogP contribution in [0.2, 0.25) is 0 Å². The van der Waals surface area contributed by atoms with Crippen LogP contribution in [-0.2, 0) is 16.4 Å². The number of sulfone groups is 1. The fourth-order valence-electron chi connectivity index (χ4n) is 1.14. The Morgan fingerprint density at radius 2 is 2.06 bits per heavy atom. The van der Waals surface area contributed by atoms with E-state index in [1.807, 2.05) is 0 Å². The van der Waals surface area contributed by atoms with E-state index in [0.29, 0.717) is 0 Å². The van der Waals surface area contributed by atoms with E-state index in [1.54, 1.807) is 0 Å². The number of hydrogen-bond acceptors (Lipinski definition) is 4. The van der Waals surface area contributed by atoms with Crippen molar-refractivity contribution >= 4 is 15.6 Å². The van der Waals surface area contributed by atoms with Crippen molar-refractivity contribution in [1.29, 1.82) is 0 Å². The van der Waals surface area contributed by atoms with Gasteiger partial charge in [-0.05, 0) is 0 Å². The average Bonchev–Trinajstić information content (AvgIpc) is 2.73. The highest BCUT2D eigenvalue weighted by atomic mass is 32.2. The van der Waals surface area contributed by atoms with Gasteiger partial charge in [-0.1, -0.05) is 6.92 Å². The molecule has 0 aliphatic rings. The van der Waals surface area contributed by atoms with Gasteiger partial charge >= 0.3 is 6.18 Å². The third-order valence-electron chi connectivity index (χ3n) is 2.22. The Bertz CT molecular complexity index is 533. The van der Waals surface area contributed by atoms with Crippen molar-refractivity contribution in [2.75, 3.05) is 11.5 Å². The maximum atomic E-state index is 12.1. The Morgan fingerprint density at radius 1 is 1.44 bits per heavy atom. The van der Waals surface area contributed by atoms with Crippen LogP contribution in [-0.4, -0.2) is 41.7 Å². The monoisotopic (exact) mass is 284 g/mol. The molecule has 0 aliphatic heterocycles. The van der Waals surface area contributed by atoms with Crippen molar-refractivity contribution in [3.63, 3.8) is 0 Å². The van der Waals surface area contributed by atoms with Crippen molar-refractivity contribution in [3.05, 3.63) is 18.0 Å². The molecule has 18 heavy (non-hydrogen) atoms. The normalized spacial score (nSPS) is 12.7. The Balaban J connectivity index is 2.74. The molecule has 0 aromatic carbocycles. The highest BCUT2D eigenvalue weighted by Gasteiger charge is 2.39. The van der Waals surface area contributed by atoms with Gasteiger partial charge in [-0.25, -0.2) is 8.42 Å². The van der Waals surface area contributed by atoms with E-state index in [1.165, 1.54) is 6.92 Å². The second-order valence-corrected chi connectivity index (χ2v) is 6.03. The molecule has 0 fully saturated rings. The molecule has 0 atom stereocenters. The molecule has 0 saturated carbocycles. The van der Waals surface area contributed by atoms with Crippen LogP contribution in [0.1, 0.15) is 17.3 Å². The molecule has 0 amide bonds. The lowest BCUT2D eigenvalue weighted by atomic mass is 10.2. The summed E-state index contributed by atoms with van der Waals surface area (Å²) in [7, 11) is -3.23. The highest BCUT2D eigenvalue weighted by molar-refractivity contribution is 7.91. The van der Waals surface area contributed by atoms with Crippen LogP contribution in [0.5, 0.6) is 0 Å². The van der Waals surface area contributed by atoms with Gasteiger partial charge in [-0.15, -0.1) is 0 Å². The largest absolute Gasteiger partial charge is 0.454 e. The van der Waals surface area contributed by atoms with Crippen molar-refractivity contribution in [2.24, 2.45) is 0 Å². The van der Waals surface area contributed by atoms with Crippen molar-refractivity contribution in [1.82, 2.24) is 9.78 Å². The summed E-state index contributed by atoms with van der Waals surface area (Å²) in [6.45, 7) is 1.39. The Kier molecular flexibility index (Phi) is 4.15. The SMILES string of the molecule is CCS(=O)(=O)CCn1cc(C(=O)C(F)(F)F)cn1. The quantitative estimate of drug-likeness (QED) is 0.758. The predicted octanol–water partition coefficient (Wildman–Crippen LogP) is 1.06. The molecule has 1 heterocycles. The number of nitrogens with zero attached hydrogens (tertiary/aromatic N) is 2. The zero-order valence-electron chi connectivity index (χ0n) is 9.44. The number of rotatable bonds is 5. The van der Waals surface area contributed by atoms with Crippen molar-refractivity contribution in [2.45, 2.75) is 19.6 Å². The molecule has 0 unspecified atom stereocenters. The summed E-state index contributed by atoms with van der Waals surface area (Å²) in [5.41, 5.74) is -0.601. The van der Waals surface area contributed by atoms with E-state index < -0.39 is 27.4 Å². The van der Waals surface area contributed by atoms with Gasteiger partial charge in [0.25, 0.3) is 5.78 Å². The highest BCUT2D eigenvalue weighted by Crippen LogP contribution is 2.20. The van der Waals surface area contributed by atoms with Gasteiger partial charge in [0.2, 0.25) is 0 Å². The standard InChI is InChI=1S/C9H11F3N2O3S/c1-2-18(16,17)4-3-14-6-7(5-13-14)8(15)9(10,11)12/h5-6H,2-4H2,1H3. The number of Topliss-reactive ketones (excluding diaryl/α,β-unsaturated/α-hetero) is 1. The van der Waals surface area contributed by atoms with Gasteiger partial charge in [0.05, 0.1) is 24.1 Å². The summed E-state index contributed by atoms with van der Waals surface area (Å²) >= 11 is 0. The van der Waals surface area contributed by atoms with Gasteiger partial charge < -0.3 is 0 Å². The van der Waals surface area contributed by atoms with Crippen LogP contribution in [0.15, 0.2) is 12.4 Å². The van der Waals surface area contributed by atoms with Crippen LogP contribution in [0, 0.1) is 0 Å². The number of aromatic nitrogens is 2. The van der Waals surface area contributed by atoms with E-state index in [-0.39, 0.29) is 18.1 Å². The smallest absolute Gasteiger partial charge is 0.284 e. The van der Waals surface area contributed by atoms with Gasteiger partial charge in [-0.2, -0.15) is 18.3 Å². The van der Waals surface area contributed by atoms with E-state index in [4.69, 9.17) is 0 Å². The molecular formula is C9H11F3N2O3S. The summed E-state index contributed by atoms with van der Waals surface area (Å²) in [6, 6.07) is 0. The number of aryl methyl sites for hydroxylation is 1. The Hall–Kier alpha value is -1.38. The van der Waals surface area contributed by atoms with Crippen molar-refractivity contribution < 1.29 is 26.4 Å². The minimum Gasteiger partial charge on any atom is -0.284 e. The fourth-order valence-corrected chi connectivity index (χ4v) is 1.90. The molecule has 1 rings (SSSR count). The van der Waals surface area contributed by atoms with Gasteiger partial charge in [0.15, 0.2) is 9.84 Å². The van der Waals surface area contributed by atoms with Crippen LogP contribution in [0.3, 0.4) is 0 Å². The number of ketones is 1. The zero-order valence-corrected chi connectivity index (χ0v) is 10.3. The first-order valence-electron chi connectivity index (χ1n) is 5.00. The maximum Gasteiger partial charge on any atom is 0.454 e. The van der Waals surface area contributed by atoms with Crippen LogP contribution >= 0.6 is 0 Å². The lowest BCUT2D eigenvalue weighted by Gasteiger charge is -2.02. The lowest BCUT2D eigenvalue weighted by molar-refractivity contribution is -0.0885. The van der Waals surface area contributed by atoms with E-state index in [2.05, 4.69) is 5.10 Å². The summed E-state index contributed by atoms with van der Waals surface area (Å²) in [4.78, 5) is 10.8. The third-order valence-corrected chi connectivity index (χ3v) is 3.91. The van der Waals surface area contributed by atoms with Crippen molar-refractivity contribution in [3.8, 4) is 0 Å². The van der Waals surface area contributed by atoms with E-state index in [9.17, 15) is 26.4 Å².